The van der Waals surface area contributed by atoms with Gasteiger partial charge in [-0.05, 0) is 48.0 Å². The van der Waals surface area contributed by atoms with E-state index < -0.39 is 0 Å². The van der Waals surface area contributed by atoms with Gasteiger partial charge in [-0.1, -0.05) is 43.7 Å². The quantitative estimate of drug-likeness (QED) is 0.508. The first-order chi connectivity index (χ1) is 13.7. The first-order valence-corrected chi connectivity index (χ1v) is 10.6. The Balaban J connectivity index is 1.76. The third-order valence-corrected chi connectivity index (χ3v) is 5.53. The predicted molar refractivity (Wildman–Crippen MR) is 112 cm³/mol. The molecule has 3 aromatic rings. The number of aromatic nitrogens is 4. The van der Waals surface area contributed by atoms with Crippen LogP contribution in [-0.2, 0) is 5.75 Å². The molecule has 0 unspecified atom stereocenters. The van der Waals surface area contributed by atoms with Crippen molar-refractivity contribution in [2.24, 2.45) is 0 Å². The lowest BCUT2D eigenvalue weighted by molar-refractivity contribution is 0.0759. The largest absolute Gasteiger partial charge is 0.339 e. The highest BCUT2D eigenvalue weighted by atomic mass is 32.2. The maximum atomic E-state index is 13.0. The summed E-state index contributed by atoms with van der Waals surface area (Å²) < 4.78 is 1.73. The normalized spacial score (nSPS) is 10.8. The molecule has 0 N–H and O–H groups in total. The number of hydrogen-bond acceptors (Lipinski definition) is 5. The zero-order valence-electron chi connectivity index (χ0n) is 16.3. The van der Waals surface area contributed by atoms with Crippen molar-refractivity contribution in [2.45, 2.75) is 37.3 Å². The van der Waals surface area contributed by atoms with Crippen LogP contribution in [0, 0.1) is 0 Å². The summed E-state index contributed by atoms with van der Waals surface area (Å²) in [5, 5.41) is 12.1. The van der Waals surface area contributed by atoms with Crippen LogP contribution < -0.4 is 0 Å². The molecule has 0 aliphatic rings. The third-order valence-electron chi connectivity index (χ3n) is 4.46. The molecule has 0 bridgehead atoms. The van der Waals surface area contributed by atoms with Crippen LogP contribution in [0.1, 0.15) is 42.9 Å². The molecule has 7 heteroatoms. The van der Waals surface area contributed by atoms with Gasteiger partial charge in [0.25, 0.3) is 5.91 Å². The zero-order chi connectivity index (χ0) is 19.8. The third kappa shape index (κ3) is 4.78. The van der Waals surface area contributed by atoms with Crippen molar-refractivity contribution < 1.29 is 4.79 Å². The minimum Gasteiger partial charge on any atom is -0.339 e. The van der Waals surface area contributed by atoms with E-state index in [2.05, 4.69) is 22.4 Å². The van der Waals surface area contributed by atoms with Crippen LogP contribution in [0.3, 0.4) is 0 Å². The summed E-state index contributed by atoms with van der Waals surface area (Å²) in [5.41, 5.74) is 1.66. The number of para-hydroxylation sites is 1. The van der Waals surface area contributed by atoms with E-state index in [1.165, 1.54) is 0 Å². The summed E-state index contributed by atoms with van der Waals surface area (Å²) >= 11 is 1.58. The molecule has 0 saturated heterocycles. The Morgan fingerprint density at radius 2 is 1.82 bits per heavy atom. The van der Waals surface area contributed by atoms with Gasteiger partial charge in [0.1, 0.15) is 0 Å². The molecule has 6 nitrogen and oxygen atoms in total. The Bertz CT molecular complexity index is 897. The molecule has 146 valence electrons. The smallest absolute Gasteiger partial charge is 0.254 e. The number of thioether (sulfide) groups is 1. The standard InChI is InChI=1S/C21H25N5OS/c1-3-5-15-25(4-2)21(27)18-13-9-10-14-19(18)28-16-20-22-23-24-26(20)17-11-7-6-8-12-17/h6-14H,3-5,15-16H2,1-2H3. The first kappa shape index (κ1) is 20.1. The van der Waals surface area contributed by atoms with Crippen LogP contribution in [0.25, 0.3) is 5.69 Å². The van der Waals surface area contributed by atoms with Gasteiger partial charge in [0.05, 0.1) is 17.0 Å². The van der Waals surface area contributed by atoms with E-state index in [0.29, 0.717) is 12.3 Å². The van der Waals surface area contributed by atoms with Gasteiger partial charge in [-0.25, -0.2) is 0 Å². The van der Waals surface area contributed by atoms with E-state index in [1.807, 2.05) is 66.4 Å². The Hall–Kier alpha value is -2.67. The van der Waals surface area contributed by atoms with E-state index >= 15 is 0 Å². The molecule has 0 saturated carbocycles. The lowest BCUT2D eigenvalue weighted by Gasteiger charge is -2.22. The van der Waals surface area contributed by atoms with Gasteiger partial charge in [-0.2, -0.15) is 4.68 Å². The molecule has 3 rings (SSSR count). The van der Waals surface area contributed by atoms with Gasteiger partial charge >= 0.3 is 0 Å². The SMILES string of the molecule is CCCCN(CC)C(=O)c1ccccc1SCc1nnnn1-c1ccccc1. The van der Waals surface area contributed by atoms with E-state index in [-0.39, 0.29) is 5.91 Å². The molecular formula is C21H25N5OS. The summed E-state index contributed by atoms with van der Waals surface area (Å²) in [6.45, 7) is 5.66. The summed E-state index contributed by atoms with van der Waals surface area (Å²) in [6.07, 6.45) is 2.09. The fraction of sp³-hybridized carbons (Fsp3) is 0.333. The maximum absolute atomic E-state index is 13.0. The van der Waals surface area contributed by atoms with Crippen LogP contribution in [-0.4, -0.2) is 44.1 Å². The number of nitrogens with zero attached hydrogens (tertiary/aromatic N) is 5. The summed E-state index contributed by atoms with van der Waals surface area (Å²) in [7, 11) is 0. The molecule has 2 aromatic carbocycles. The molecule has 0 aliphatic carbocycles. The molecule has 0 atom stereocenters. The van der Waals surface area contributed by atoms with Crippen LogP contribution in [0.2, 0.25) is 0 Å². The lowest BCUT2D eigenvalue weighted by Crippen LogP contribution is -2.32. The Labute approximate surface area is 169 Å². The maximum Gasteiger partial charge on any atom is 0.254 e. The van der Waals surface area contributed by atoms with Crippen molar-refractivity contribution in [1.82, 2.24) is 25.1 Å². The molecule has 1 heterocycles. The van der Waals surface area contributed by atoms with Gasteiger partial charge in [0.15, 0.2) is 5.82 Å². The van der Waals surface area contributed by atoms with E-state index in [0.717, 1.165) is 41.4 Å². The van der Waals surface area contributed by atoms with Crippen molar-refractivity contribution >= 4 is 17.7 Å². The van der Waals surface area contributed by atoms with E-state index in [1.54, 1.807) is 16.4 Å². The first-order valence-electron chi connectivity index (χ1n) is 9.58. The Morgan fingerprint density at radius 3 is 2.57 bits per heavy atom. The number of carbonyl (C=O) groups excluding carboxylic acids is 1. The highest BCUT2D eigenvalue weighted by molar-refractivity contribution is 7.98. The van der Waals surface area contributed by atoms with E-state index in [9.17, 15) is 4.79 Å². The van der Waals surface area contributed by atoms with Crippen molar-refractivity contribution in [3.63, 3.8) is 0 Å². The number of rotatable bonds is 9. The average molecular weight is 396 g/mol. The van der Waals surface area contributed by atoms with E-state index in [4.69, 9.17) is 0 Å². The van der Waals surface area contributed by atoms with Crippen molar-refractivity contribution in [2.75, 3.05) is 13.1 Å². The van der Waals surface area contributed by atoms with Gasteiger partial charge < -0.3 is 4.90 Å². The van der Waals surface area contributed by atoms with Gasteiger partial charge in [-0.3, -0.25) is 4.79 Å². The van der Waals surface area contributed by atoms with Crippen LogP contribution >= 0.6 is 11.8 Å². The molecule has 28 heavy (non-hydrogen) atoms. The second-order valence-electron chi connectivity index (χ2n) is 6.37. The summed E-state index contributed by atoms with van der Waals surface area (Å²) in [6, 6.07) is 17.6. The monoisotopic (exact) mass is 395 g/mol. The summed E-state index contributed by atoms with van der Waals surface area (Å²) in [5.74, 6) is 1.41. The second kappa shape index (κ2) is 10.0. The van der Waals surface area contributed by atoms with Gasteiger partial charge in [0, 0.05) is 18.0 Å². The number of unbranched alkanes of at least 4 members (excludes halogenated alkanes) is 1. The second-order valence-corrected chi connectivity index (χ2v) is 7.38. The Morgan fingerprint density at radius 1 is 1.07 bits per heavy atom. The van der Waals surface area contributed by atoms with Crippen LogP contribution in [0.15, 0.2) is 59.5 Å². The van der Waals surface area contributed by atoms with Crippen molar-refractivity contribution in [3.8, 4) is 5.69 Å². The Kier molecular flexibility index (Phi) is 7.19. The predicted octanol–water partition coefficient (Wildman–Crippen LogP) is 4.22. The van der Waals surface area contributed by atoms with Crippen molar-refractivity contribution in [1.29, 1.82) is 0 Å². The molecular weight excluding hydrogens is 370 g/mol. The highest BCUT2D eigenvalue weighted by Crippen LogP contribution is 2.27. The molecule has 0 aliphatic heterocycles. The van der Waals surface area contributed by atoms with Crippen molar-refractivity contribution in [3.05, 3.63) is 66.0 Å². The number of hydrogen-bond donors (Lipinski definition) is 0. The molecule has 0 fully saturated rings. The number of carbonyl (C=O) groups is 1. The highest BCUT2D eigenvalue weighted by Gasteiger charge is 2.18. The van der Waals surface area contributed by atoms with Crippen LogP contribution in [0.5, 0.6) is 0 Å². The average Bonchev–Trinajstić information content (AvgIpc) is 3.22. The number of amides is 1. The topological polar surface area (TPSA) is 63.9 Å². The van der Waals surface area contributed by atoms with Crippen LogP contribution in [0.4, 0.5) is 0 Å². The number of benzene rings is 2. The summed E-state index contributed by atoms with van der Waals surface area (Å²) in [4.78, 5) is 15.9. The van der Waals surface area contributed by atoms with Gasteiger partial charge in [-0.15, -0.1) is 16.9 Å². The molecule has 0 radical (unpaired) electrons. The molecule has 1 amide bonds. The minimum atomic E-state index is 0.0849. The number of tetrazole rings is 1. The molecule has 0 spiro atoms. The fourth-order valence-electron chi connectivity index (χ4n) is 2.90. The lowest BCUT2D eigenvalue weighted by atomic mass is 10.2. The van der Waals surface area contributed by atoms with Gasteiger partial charge in [0.2, 0.25) is 0 Å². The minimum absolute atomic E-state index is 0.0849. The zero-order valence-corrected chi connectivity index (χ0v) is 17.1. The molecule has 1 aromatic heterocycles. The fourth-order valence-corrected chi connectivity index (χ4v) is 3.85.